The van der Waals surface area contributed by atoms with Crippen molar-refractivity contribution in [3.63, 3.8) is 0 Å². The second kappa shape index (κ2) is 12.1. The van der Waals surface area contributed by atoms with Crippen molar-refractivity contribution in [3.05, 3.63) is 199 Å². The van der Waals surface area contributed by atoms with E-state index in [0.717, 1.165) is 39.0 Å². The summed E-state index contributed by atoms with van der Waals surface area (Å²) in [5, 5.41) is 7.15. The maximum absolute atomic E-state index is 6.19. The van der Waals surface area contributed by atoms with E-state index in [1.807, 2.05) is 12.1 Å². The van der Waals surface area contributed by atoms with Gasteiger partial charge >= 0.3 is 0 Å². The second-order valence-electron chi connectivity index (χ2n) is 15.4. The molecule has 260 valence electrons. The molecule has 0 saturated carbocycles. The lowest BCUT2D eigenvalue weighted by molar-refractivity contribution is 0.660. The van der Waals surface area contributed by atoms with Gasteiger partial charge in [0, 0.05) is 33.1 Å². The lowest BCUT2D eigenvalue weighted by Gasteiger charge is -2.30. The maximum Gasteiger partial charge on any atom is 0.136 e. The van der Waals surface area contributed by atoms with Gasteiger partial charge in [0.1, 0.15) is 11.2 Å². The third-order valence-corrected chi connectivity index (χ3v) is 11.8. The molecule has 9 aromatic carbocycles. The summed E-state index contributed by atoms with van der Waals surface area (Å²) in [4.78, 5) is 2.44. The first-order chi connectivity index (χ1) is 27.0. The molecule has 0 spiro atoms. The van der Waals surface area contributed by atoms with Crippen LogP contribution in [0.15, 0.2) is 192 Å². The van der Waals surface area contributed by atoms with Gasteiger partial charge in [-0.2, -0.15) is 0 Å². The number of hydrogen-bond donors (Lipinski definition) is 0. The normalized spacial score (nSPS) is 13.1. The van der Waals surface area contributed by atoms with Crippen molar-refractivity contribution >= 4 is 60.5 Å². The quantitative estimate of drug-likeness (QED) is 0.177. The maximum atomic E-state index is 6.19. The number of hydrogen-bond acceptors (Lipinski definition) is 2. The average Bonchev–Trinajstić information content (AvgIpc) is 3.71. The van der Waals surface area contributed by atoms with Crippen LogP contribution in [-0.4, -0.2) is 0 Å². The first-order valence-electron chi connectivity index (χ1n) is 19.1. The van der Waals surface area contributed by atoms with Gasteiger partial charge < -0.3 is 9.32 Å². The van der Waals surface area contributed by atoms with Crippen molar-refractivity contribution < 1.29 is 4.42 Å². The Morgan fingerprint density at radius 3 is 1.91 bits per heavy atom. The van der Waals surface area contributed by atoms with Gasteiger partial charge in [0.05, 0.1) is 5.69 Å². The molecular formula is C53H37NO. The summed E-state index contributed by atoms with van der Waals surface area (Å²) in [6, 6.07) is 68.7. The fraction of sp³-hybridized carbons (Fsp3) is 0.0566. The molecule has 0 radical (unpaired) electrons. The van der Waals surface area contributed by atoms with Crippen LogP contribution in [0.5, 0.6) is 0 Å². The molecule has 0 saturated heterocycles. The summed E-state index contributed by atoms with van der Waals surface area (Å²) in [5.41, 5.74) is 15.3. The number of benzene rings is 9. The van der Waals surface area contributed by atoms with Crippen LogP contribution < -0.4 is 4.90 Å². The highest BCUT2D eigenvalue weighted by Gasteiger charge is 2.35. The van der Waals surface area contributed by atoms with Gasteiger partial charge in [-0.3, -0.25) is 0 Å². The predicted octanol–water partition coefficient (Wildman–Crippen LogP) is 15.0. The Morgan fingerprint density at radius 2 is 1.02 bits per heavy atom. The summed E-state index contributed by atoms with van der Waals surface area (Å²) in [7, 11) is 0. The molecule has 0 unspecified atom stereocenters. The number of nitrogens with zero attached hydrogens (tertiary/aromatic N) is 1. The molecule has 2 heteroatoms. The molecule has 2 nitrogen and oxygen atoms in total. The monoisotopic (exact) mass is 703 g/mol. The summed E-state index contributed by atoms with van der Waals surface area (Å²) < 4.78 is 6.19. The second-order valence-corrected chi connectivity index (χ2v) is 15.4. The highest BCUT2D eigenvalue weighted by atomic mass is 16.3. The van der Waals surface area contributed by atoms with E-state index in [4.69, 9.17) is 4.42 Å². The van der Waals surface area contributed by atoms with Crippen LogP contribution in [0.3, 0.4) is 0 Å². The molecule has 0 fully saturated rings. The molecule has 1 aromatic heterocycles. The van der Waals surface area contributed by atoms with Gasteiger partial charge in [0.15, 0.2) is 0 Å². The zero-order valence-electron chi connectivity index (χ0n) is 30.8. The molecule has 1 heterocycles. The minimum atomic E-state index is -0.111. The molecule has 0 bridgehead atoms. The minimum Gasteiger partial charge on any atom is -0.456 e. The van der Waals surface area contributed by atoms with Gasteiger partial charge in [-0.1, -0.05) is 141 Å². The van der Waals surface area contributed by atoms with Crippen molar-refractivity contribution in [3.8, 4) is 33.4 Å². The third-order valence-electron chi connectivity index (χ3n) is 11.8. The molecule has 1 aliphatic rings. The van der Waals surface area contributed by atoms with E-state index < -0.39 is 0 Å². The van der Waals surface area contributed by atoms with E-state index in [2.05, 4.69) is 195 Å². The predicted molar refractivity (Wildman–Crippen MR) is 232 cm³/mol. The molecule has 10 aromatic rings. The number of rotatable bonds is 5. The van der Waals surface area contributed by atoms with E-state index in [0.29, 0.717) is 0 Å². The van der Waals surface area contributed by atoms with E-state index in [1.54, 1.807) is 0 Å². The van der Waals surface area contributed by atoms with Crippen molar-refractivity contribution in [2.24, 2.45) is 0 Å². The smallest absolute Gasteiger partial charge is 0.136 e. The molecule has 0 amide bonds. The lowest BCUT2D eigenvalue weighted by atomic mass is 9.82. The lowest BCUT2D eigenvalue weighted by Crippen LogP contribution is -2.16. The van der Waals surface area contributed by atoms with Crippen LogP contribution in [0, 0.1) is 0 Å². The van der Waals surface area contributed by atoms with E-state index >= 15 is 0 Å². The van der Waals surface area contributed by atoms with E-state index in [-0.39, 0.29) is 5.41 Å². The zero-order valence-corrected chi connectivity index (χ0v) is 30.8. The van der Waals surface area contributed by atoms with Crippen LogP contribution >= 0.6 is 0 Å². The Bertz CT molecular complexity index is 3130. The van der Waals surface area contributed by atoms with Crippen molar-refractivity contribution in [2.45, 2.75) is 19.3 Å². The largest absolute Gasteiger partial charge is 0.456 e. The van der Waals surface area contributed by atoms with Crippen LogP contribution in [-0.2, 0) is 5.41 Å². The van der Waals surface area contributed by atoms with Crippen LogP contribution in [0.2, 0.25) is 0 Å². The summed E-state index contributed by atoms with van der Waals surface area (Å²) in [6.07, 6.45) is 0. The highest BCUT2D eigenvalue weighted by Crippen LogP contribution is 2.51. The standard InChI is InChI=1S/C53H37NO/c1-53(2)48-16-8-5-14-44(48)45-28-27-42(33-49(45)53)54(50-17-9-6-13-43(50)39-22-19-34-11-3-4-12-36(34)29-39)41-25-23-35(24-26-41)37-20-21-38-32-52-47(31-40(38)30-37)46-15-7-10-18-51(46)55-52/h3-33H,1-2H3. The first-order valence-corrected chi connectivity index (χ1v) is 19.1. The SMILES string of the molecule is CC1(C)c2ccccc2-c2ccc(N(c3ccc(-c4ccc5cc6oc7ccccc7c6cc5c4)cc3)c3ccccc3-c3ccc4ccccc4c3)cc21. The molecule has 55 heavy (non-hydrogen) atoms. The van der Waals surface area contributed by atoms with Gasteiger partial charge in [0.2, 0.25) is 0 Å². The van der Waals surface area contributed by atoms with Gasteiger partial charge in [-0.05, 0) is 121 Å². The molecule has 1 aliphatic carbocycles. The first kappa shape index (κ1) is 31.6. The Kier molecular flexibility index (Phi) is 6.93. The molecular weight excluding hydrogens is 667 g/mol. The molecule has 0 atom stereocenters. The zero-order chi connectivity index (χ0) is 36.7. The van der Waals surface area contributed by atoms with Crippen molar-refractivity contribution in [1.29, 1.82) is 0 Å². The third kappa shape index (κ3) is 5.02. The Hall–Kier alpha value is -6.90. The van der Waals surface area contributed by atoms with Gasteiger partial charge in [0.25, 0.3) is 0 Å². The summed E-state index contributed by atoms with van der Waals surface area (Å²) >= 11 is 0. The Morgan fingerprint density at radius 1 is 0.382 bits per heavy atom. The fourth-order valence-electron chi connectivity index (χ4n) is 8.98. The number of para-hydroxylation sites is 2. The summed E-state index contributed by atoms with van der Waals surface area (Å²) in [5.74, 6) is 0. The van der Waals surface area contributed by atoms with Crippen molar-refractivity contribution in [1.82, 2.24) is 0 Å². The number of furan rings is 1. The Balaban J connectivity index is 1.05. The number of fused-ring (bicyclic) bond motifs is 8. The van der Waals surface area contributed by atoms with Crippen molar-refractivity contribution in [2.75, 3.05) is 4.90 Å². The van der Waals surface area contributed by atoms with Crippen LogP contribution in [0.4, 0.5) is 17.1 Å². The number of anilines is 3. The van der Waals surface area contributed by atoms with Crippen LogP contribution in [0.25, 0.3) is 76.9 Å². The average molecular weight is 704 g/mol. The van der Waals surface area contributed by atoms with Gasteiger partial charge in [-0.25, -0.2) is 0 Å². The molecule has 0 aliphatic heterocycles. The molecule has 11 rings (SSSR count). The van der Waals surface area contributed by atoms with Gasteiger partial charge in [-0.15, -0.1) is 0 Å². The molecule has 0 N–H and O–H groups in total. The Labute approximate surface area is 320 Å². The van der Waals surface area contributed by atoms with Crippen LogP contribution in [0.1, 0.15) is 25.0 Å². The minimum absolute atomic E-state index is 0.111. The topological polar surface area (TPSA) is 16.4 Å². The fourth-order valence-corrected chi connectivity index (χ4v) is 8.98. The summed E-state index contributed by atoms with van der Waals surface area (Å²) in [6.45, 7) is 4.71. The van der Waals surface area contributed by atoms with E-state index in [1.165, 1.54) is 66.1 Å². The van der Waals surface area contributed by atoms with E-state index in [9.17, 15) is 0 Å². The highest BCUT2D eigenvalue weighted by molar-refractivity contribution is 6.10.